The molecule has 0 radical (unpaired) electrons. The number of phenolic OH excluding ortho intramolecular Hbond substituents is 1. The van der Waals surface area contributed by atoms with Gasteiger partial charge in [0.1, 0.15) is 30.0 Å². The van der Waals surface area contributed by atoms with E-state index in [9.17, 15) is 13.5 Å². The number of fused-ring (bicyclic) bond motifs is 1. The molecule has 0 amide bonds. The average molecular weight is 535 g/mol. The molecule has 2 N–H and O–H groups in total. The zero-order valence-corrected chi connectivity index (χ0v) is 22.8. The highest BCUT2D eigenvalue weighted by atomic mass is 32.2. The lowest BCUT2D eigenvalue weighted by atomic mass is 9.86. The molecule has 2 aliphatic heterocycles. The first-order valence-corrected chi connectivity index (χ1v) is 14.8. The van der Waals surface area contributed by atoms with E-state index in [1.807, 2.05) is 43.3 Å². The summed E-state index contributed by atoms with van der Waals surface area (Å²) in [6, 6.07) is 20.3. The summed E-state index contributed by atoms with van der Waals surface area (Å²) in [6.07, 6.45) is 1.94. The normalized spacial score (nSPS) is 17.9. The summed E-state index contributed by atoms with van der Waals surface area (Å²) in [5, 5.41) is 10.1. The zero-order valence-electron chi connectivity index (χ0n) is 22.0. The van der Waals surface area contributed by atoms with Gasteiger partial charge in [-0.15, -0.1) is 0 Å². The Kier molecular flexibility index (Phi) is 7.36. The summed E-state index contributed by atoms with van der Waals surface area (Å²) in [7, 11) is -3.43. The van der Waals surface area contributed by atoms with E-state index in [4.69, 9.17) is 9.47 Å². The van der Waals surface area contributed by atoms with Crippen LogP contribution in [0.4, 0.5) is 5.69 Å². The molecular formula is C30H34N2O5S. The minimum absolute atomic E-state index is 0.155. The van der Waals surface area contributed by atoms with Crippen molar-refractivity contribution in [2.24, 2.45) is 5.92 Å². The van der Waals surface area contributed by atoms with Gasteiger partial charge in [0.25, 0.3) is 0 Å². The lowest BCUT2D eigenvalue weighted by Crippen LogP contribution is -2.47. The summed E-state index contributed by atoms with van der Waals surface area (Å²) in [5.74, 6) is 2.47. The third kappa shape index (κ3) is 5.81. The van der Waals surface area contributed by atoms with E-state index >= 15 is 0 Å². The van der Waals surface area contributed by atoms with Crippen LogP contribution >= 0.6 is 0 Å². The quantitative estimate of drug-likeness (QED) is 0.374. The molecule has 1 saturated heterocycles. The van der Waals surface area contributed by atoms with Crippen molar-refractivity contribution in [2.45, 2.75) is 26.4 Å². The van der Waals surface area contributed by atoms with Gasteiger partial charge >= 0.3 is 0 Å². The maximum atomic E-state index is 11.8. The molecule has 1 fully saturated rings. The summed E-state index contributed by atoms with van der Waals surface area (Å²) < 4.78 is 38.7. The van der Waals surface area contributed by atoms with Crippen molar-refractivity contribution in [3.05, 3.63) is 83.4 Å². The zero-order chi connectivity index (χ0) is 26.9. The Bertz CT molecular complexity index is 1440. The standard InChI is InChI=1S/C30H34N2O5S/c1-4-21-18-32(19-21)14-15-36-26-11-8-22(9-12-26)30-29(20(2)27-17-25(33)10-13-28(27)37-30)23-6-5-7-24(16-23)31-38(3,34)35/h5-13,16-17,21,30-31,33H,4,14-15,18-19H2,1-3H3/t30-/m0/s1. The number of likely N-dealkylation sites (tertiary alicyclic amines) is 1. The fraction of sp³-hybridized carbons (Fsp3) is 0.333. The van der Waals surface area contributed by atoms with Crippen molar-refractivity contribution in [3.8, 4) is 17.2 Å². The number of phenols is 1. The maximum absolute atomic E-state index is 11.8. The molecule has 1 atom stereocenters. The van der Waals surface area contributed by atoms with E-state index in [2.05, 4.69) is 16.5 Å². The van der Waals surface area contributed by atoms with Crippen LogP contribution in [-0.4, -0.2) is 50.9 Å². The van der Waals surface area contributed by atoms with Gasteiger partial charge in [-0.3, -0.25) is 9.62 Å². The molecule has 0 spiro atoms. The first kappa shape index (κ1) is 26.1. The van der Waals surface area contributed by atoms with Crippen LogP contribution in [0.25, 0.3) is 11.1 Å². The molecule has 0 aromatic heterocycles. The van der Waals surface area contributed by atoms with Crippen LogP contribution in [0.2, 0.25) is 0 Å². The van der Waals surface area contributed by atoms with Crippen LogP contribution in [-0.2, 0) is 10.0 Å². The molecule has 3 aromatic carbocycles. The van der Waals surface area contributed by atoms with E-state index in [0.717, 1.165) is 65.4 Å². The highest BCUT2D eigenvalue weighted by molar-refractivity contribution is 7.92. The van der Waals surface area contributed by atoms with Crippen LogP contribution in [0.15, 0.2) is 66.7 Å². The van der Waals surface area contributed by atoms with Crippen LogP contribution in [0.1, 0.15) is 43.1 Å². The molecule has 200 valence electrons. The third-order valence-electron chi connectivity index (χ3n) is 7.22. The first-order chi connectivity index (χ1) is 18.2. The van der Waals surface area contributed by atoms with Crippen molar-refractivity contribution < 1.29 is 23.0 Å². The Morgan fingerprint density at radius 2 is 1.84 bits per heavy atom. The Morgan fingerprint density at radius 3 is 2.55 bits per heavy atom. The number of hydrogen-bond donors (Lipinski definition) is 2. The molecule has 3 aromatic rings. The van der Waals surface area contributed by atoms with Gasteiger partial charge in [-0.2, -0.15) is 0 Å². The minimum atomic E-state index is -3.43. The fourth-order valence-electron chi connectivity index (χ4n) is 5.16. The molecule has 8 heteroatoms. The number of aromatic hydroxyl groups is 1. The smallest absolute Gasteiger partial charge is 0.229 e. The van der Waals surface area contributed by atoms with Gasteiger partial charge in [-0.1, -0.05) is 37.6 Å². The number of allylic oxidation sites excluding steroid dienone is 1. The number of nitrogens with one attached hydrogen (secondary N) is 1. The predicted octanol–water partition coefficient (Wildman–Crippen LogP) is 5.55. The Morgan fingerprint density at radius 1 is 1.08 bits per heavy atom. The lowest BCUT2D eigenvalue weighted by molar-refractivity contribution is 0.0806. The van der Waals surface area contributed by atoms with E-state index < -0.39 is 16.1 Å². The highest BCUT2D eigenvalue weighted by Gasteiger charge is 2.30. The van der Waals surface area contributed by atoms with Gasteiger partial charge in [0.2, 0.25) is 10.0 Å². The molecule has 2 aliphatic rings. The third-order valence-corrected chi connectivity index (χ3v) is 7.83. The van der Waals surface area contributed by atoms with Gasteiger partial charge in [0.15, 0.2) is 0 Å². The maximum Gasteiger partial charge on any atom is 0.229 e. The number of anilines is 1. The van der Waals surface area contributed by atoms with E-state index in [1.54, 1.807) is 30.3 Å². The SMILES string of the molecule is CCC1CN(CCOc2ccc([C@@H]3Oc4ccc(O)cc4C(C)=C3c3cccc(NS(C)(=O)=O)c3)cc2)C1. The van der Waals surface area contributed by atoms with Crippen LogP contribution in [0.3, 0.4) is 0 Å². The van der Waals surface area contributed by atoms with Crippen LogP contribution in [0.5, 0.6) is 17.2 Å². The molecule has 0 saturated carbocycles. The lowest BCUT2D eigenvalue weighted by Gasteiger charge is -2.38. The summed E-state index contributed by atoms with van der Waals surface area (Å²) in [4.78, 5) is 2.42. The highest BCUT2D eigenvalue weighted by Crippen LogP contribution is 2.47. The van der Waals surface area contributed by atoms with E-state index in [0.29, 0.717) is 18.0 Å². The molecule has 5 rings (SSSR count). The number of ether oxygens (including phenoxy) is 2. The van der Waals surface area contributed by atoms with Crippen molar-refractivity contribution in [1.29, 1.82) is 0 Å². The number of hydrogen-bond acceptors (Lipinski definition) is 6. The second kappa shape index (κ2) is 10.7. The molecule has 38 heavy (non-hydrogen) atoms. The summed E-state index contributed by atoms with van der Waals surface area (Å²) >= 11 is 0. The van der Waals surface area contributed by atoms with Gasteiger partial charge < -0.3 is 14.6 Å². The van der Waals surface area contributed by atoms with Crippen molar-refractivity contribution in [2.75, 3.05) is 37.2 Å². The summed E-state index contributed by atoms with van der Waals surface area (Å²) in [6.45, 7) is 8.13. The fourth-order valence-corrected chi connectivity index (χ4v) is 5.71. The monoisotopic (exact) mass is 534 g/mol. The first-order valence-electron chi connectivity index (χ1n) is 12.9. The number of nitrogens with zero attached hydrogens (tertiary/aromatic N) is 1. The molecule has 0 aliphatic carbocycles. The van der Waals surface area contributed by atoms with Gasteiger partial charge in [0, 0.05) is 36.5 Å². The van der Waals surface area contributed by atoms with Gasteiger partial charge in [-0.05, 0) is 72.0 Å². The van der Waals surface area contributed by atoms with Crippen molar-refractivity contribution in [1.82, 2.24) is 4.90 Å². The van der Waals surface area contributed by atoms with Crippen LogP contribution < -0.4 is 14.2 Å². The van der Waals surface area contributed by atoms with Crippen molar-refractivity contribution in [3.63, 3.8) is 0 Å². The Balaban J connectivity index is 1.42. The topological polar surface area (TPSA) is 88.1 Å². The Labute approximate surface area is 224 Å². The average Bonchev–Trinajstić information content (AvgIpc) is 2.85. The Hall–Kier alpha value is -3.49. The van der Waals surface area contributed by atoms with Gasteiger partial charge in [0.05, 0.1) is 6.26 Å². The summed E-state index contributed by atoms with van der Waals surface area (Å²) in [5.41, 5.74) is 4.90. The van der Waals surface area contributed by atoms with E-state index in [1.165, 1.54) is 6.42 Å². The number of rotatable bonds is 9. The minimum Gasteiger partial charge on any atom is -0.508 e. The van der Waals surface area contributed by atoms with Gasteiger partial charge in [-0.25, -0.2) is 8.42 Å². The second-order valence-corrected chi connectivity index (χ2v) is 11.9. The molecule has 0 unspecified atom stereocenters. The molecule has 2 heterocycles. The molecule has 0 bridgehead atoms. The van der Waals surface area contributed by atoms with Crippen LogP contribution in [0, 0.1) is 5.92 Å². The number of sulfonamides is 1. The largest absolute Gasteiger partial charge is 0.508 e. The second-order valence-electron chi connectivity index (χ2n) is 10.1. The predicted molar refractivity (Wildman–Crippen MR) is 151 cm³/mol. The van der Waals surface area contributed by atoms with Crippen molar-refractivity contribution >= 4 is 26.9 Å². The molecule has 7 nitrogen and oxygen atoms in total. The molecular weight excluding hydrogens is 500 g/mol. The number of benzene rings is 3. The van der Waals surface area contributed by atoms with E-state index in [-0.39, 0.29) is 5.75 Å².